The number of rotatable bonds is 3. The van der Waals surface area contributed by atoms with Crippen LogP contribution < -0.4 is 11.1 Å². The van der Waals surface area contributed by atoms with Crippen LogP contribution in [0.3, 0.4) is 0 Å². The Balaban J connectivity index is 2.36. The van der Waals surface area contributed by atoms with E-state index >= 15 is 0 Å². The Bertz CT molecular complexity index is 307. The molecular formula is C9H14N2S2. The topological polar surface area (TPSA) is 38.0 Å². The molecule has 0 atom stereocenters. The SMILES string of the molecule is CSc1sc(CCN)c2c1NCC2. The van der Waals surface area contributed by atoms with E-state index in [-0.39, 0.29) is 0 Å². The standard InChI is InChI=1S/C9H14N2S2/c1-12-9-8-6(3-5-11-8)7(13-9)2-4-10/h11H,2-5,10H2,1H3. The summed E-state index contributed by atoms with van der Waals surface area (Å²) in [7, 11) is 0. The van der Waals surface area contributed by atoms with Gasteiger partial charge < -0.3 is 11.1 Å². The first-order chi connectivity index (χ1) is 6.36. The lowest BCUT2D eigenvalue weighted by Crippen LogP contribution is -2.02. The molecule has 0 fully saturated rings. The number of hydrogen-bond acceptors (Lipinski definition) is 4. The van der Waals surface area contributed by atoms with Crippen LogP contribution in [-0.4, -0.2) is 19.3 Å². The van der Waals surface area contributed by atoms with E-state index in [2.05, 4.69) is 11.6 Å². The summed E-state index contributed by atoms with van der Waals surface area (Å²) in [5.74, 6) is 0. The number of thioether (sulfide) groups is 1. The summed E-state index contributed by atoms with van der Waals surface area (Å²) in [5, 5.41) is 3.45. The number of nitrogens with two attached hydrogens (primary N) is 1. The molecule has 1 aliphatic heterocycles. The normalized spacial score (nSPS) is 14.3. The van der Waals surface area contributed by atoms with Crippen molar-refractivity contribution in [3.05, 3.63) is 10.4 Å². The van der Waals surface area contributed by atoms with Crippen molar-refractivity contribution in [2.45, 2.75) is 17.1 Å². The molecule has 72 valence electrons. The monoisotopic (exact) mass is 214 g/mol. The Hall–Kier alpha value is -0.190. The molecule has 2 heterocycles. The molecule has 0 saturated heterocycles. The van der Waals surface area contributed by atoms with Crippen LogP contribution in [0.4, 0.5) is 5.69 Å². The molecular weight excluding hydrogens is 200 g/mol. The molecule has 0 unspecified atom stereocenters. The highest BCUT2D eigenvalue weighted by molar-refractivity contribution is 8.00. The van der Waals surface area contributed by atoms with Gasteiger partial charge in [-0.3, -0.25) is 0 Å². The average molecular weight is 214 g/mol. The van der Waals surface area contributed by atoms with E-state index < -0.39 is 0 Å². The Kier molecular flexibility index (Phi) is 2.81. The van der Waals surface area contributed by atoms with Crippen LogP contribution in [-0.2, 0) is 12.8 Å². The fourth-order valence-electron chi connectivity index (χ4n) is 1.72. The van der Waals surface area contributed by atoms with Crippen molar-refractivity contribution in [3.63, 3.8) is 0 Å². The van der Waals surface area contributed by atoms with Crippen molar-refractivity contribution >= 4 is 28.8 Å². The van der Waals surface area contributed by atoms with Gasteiger partial charge in [0.05, 0.1) is 9.90 Å². The van der Waals surface area contributed by atoms with Crippen LogP contribution >= 0.6 is 23.1 Å². The second kappa shape index (κ2) is 3.90. The molecule has 0 aromatic carbocycles. The molecule has 0 saturated carbocycles. The Morgan fingerprint density at radius 1 is 1.62 bits per heavy atom. The lowest BCUT2D eigenvalue weighted by atomic mass is 10.2. The molecule has 2 nitrogen and oxygen atoms in total. The first-order valence-corrected chi connectivity index (χ1v) is 6.53. The fraction of sp³-hybridized carbons (Fsp3) is 0.556. The van der Waals surface area contributed by atoms with Crippen molar-refractivity contribution in [2.24, 2.45) is 5.73 Å². The summed E-state index contributed by atoms with van der Waals surface area (Å²) < 4.78 is 1.43. The summed E-state index contributed by atoms with van der Waals surface area (Å²) in [5.41, 5.74) is 8.50. The highest BCUT2D eigenvalue weighted by Gasteiger charge is 2.20. The molecule has 3 N–H and O–H groups in total. The molecule has 1 aromatic heterocycles. The van der Waals surface area contributed by atoms with Gasteiger partial charge in [-0.2, -0.15) is 0 Å². The largest absolute Gasteiger partial charge is 0.383 e. The van der Waals surface area contributed by atoms with Crippen LogP contribution in [0.25, 0.3) is 0 Å². The van der Waals surface area contributed by atoms with Crippen LogP contribution in [0.1, 0.15) is 10.4 Å². The molecule has 2 rings (SSSR count). The second-order valence-corrected chi connectivity index (χ2v) is 5.27. The predicted molar refractivity (Wildman–Crippen MR) is 61.1 cm³/mol. The highest BCUT2D eigenvalue weighted by atomic mass is 32.2. The Labute approximate surface area is 86.9 Å². The third kappa shape index (κ3) is 1.58. The summed E-state index contributed by atoms with van der Waals surface area (Å²) >= 11 is 3.74. The van der Waals surface area contributed by atoms with Gasteiger partial charge in [-0.1, -0.05) is 0 Å². The van der Waals surface area contributed by atoms with Crippen LogP contribution in [0.15, 0.2) is 4.21 Å². The van der Waals surface area contributed by atoms with E-state index in [1.807, 2.05) is 23.1 Å². The zero-order chi connectivity index (χ0) is 9.26. The third-order valence-electron chi connectivity index (χ3n) is 2.29. The molecule has 0 spiro atoms. The van der Waals surface area contributed by atoms with Crippen molar-refractivity contribution in [1.82, 2.24) is 0 Å². The first kappa shape index (κ1) is 9.37. The van der Waals surface area contributed by atoms with Crippen LogP contribution in [0.5, 0.6) is 0 Å². The zero-order valence-electron chi connectivity index (χ0n) is 7.72. The number of hydrogen-bond donors (Lipinski definition) is 2. The number of nitrogens with one attached hydrogen (secondary N) is 1. The van der Waals surface area contributed by atoms with Gasteiger partial charge in [0.25, 0.3) is 0 Å². The summed E-state index contributed by atoms with van der Waals surface area (Å²) in [6, 6.07) is 0. The second-order valence-electron chi connectivity index (χ2n) is 3.09. The van der Waals surface area contributed by atoms with Gasteiger partial charge in [0.15, 0.2) is 0 Å². The zero-order valence-corrected chi connectivity index (χ0v) is 9.36. The number of fused-ring (bicyclic) bond motifs is 1. The third-order valence-corrected chi connectivity index (χ3v) is 4.70. The fourth-order valence-corrected chi connectivity index (χ4v) is 3.82. The van der Waals surface area contributed by atoms with Crippen molar-refractivity contribution in [1.29, 1.82) is 0 Å². The number of thiophene rings is 1. The molecule has 1 aromatic rings. The molecule has 13 heavy (non-hydrogen) atoms. The predicted octanol–water partition coefficient (Wildman–Crippen LogP) is 1.94. The van der Waals surface area contributed by atoms with Crippen LogP contribution in [0.2, 0.25) is 0 Å². The maximum atomic E-state index is 5.58. The summed E-state index contributed by atoms with van der Waals surface area (Å²) in [6.07, 6.45) is 4.36. The van der Waals surface area contributed by atoms with E-state index in [9.17, 15) is 0 Å². The smallest absolute Gasteiger partial charge is 0.0833 e. The number of anilines is 1. The first-order valence-electron chi connectivity index (χ1n) is 4.49. The van der Waals surface area contributed by atoms with E-state index in [0.29, 0.717) is 0 Å². The molecule has 4 heteroatoms. The van der Waals surface area contributed by atoms with Gasteiger partial charge in [-0.05, 0) is 31.2 Å². The minimum Gasteiger partial charge on any atom is -0.383 e. The van der Waals surface area contributed by atoms with Crippen molar-refractivity contribution in [2.75, 3.05) is 24.7 Å². The quantitative estimate of drug-likeness (QED) is 0.755. The van der Waals surface area contributed by atoms with Gasteiger partial charge in [-0.25, -0.2) is 0 Å². The Morgan fingerprint density at radius 3 is 3.15 bits per heavy atom. The van der Waals surface area contributed by atoms with Gasteiger partial charge in [0, 0.05) is 11.4 Å². The molecule has 0 amide bonds. The van der Waals surface area contributed by atoms with Crippen molar-refractivity contribution < 1.29 is 0 Å². The van der Waals surface area contributed by atoms with Crippen molar-refractivity contribution in [3.8, 4) is 0 Å². The molecule has 0 bridgehead atoms. The van der Waals surface area contributed by atoms with Gasteiger partial charge >= 0.3 is 0 Å². The maximum absolute atomic E-state index is 5.58. The van der Waals surface area contributed by atoms with E-state index in [1.54, 1.807) is 0 Å². The van der Waals surface area contributed by atoms with E-state index in [0.717, 1.165) is 19.5 Å². The van der Waals surface area contributed by atoms with Gasteiger partial charge in [0.2, 0.25) is 0 Å². The summed E-state index contributed by atoms with van der Waals surface area (Å²) in [4.78, 5) is 1.49. The molecule has 1 aliphatic rings. The minimum atomic E-state index is 0.765. The van der Waals surface area contributed by atoms with E-state index in [1.165, 1.54) is 26.8 Å². The van der Waals surface area contributed by atoms with Crippen LogP contribution in [0, 0.1) is 0 Å². The van der Waals surface area contributed by atoms with Gasteiger partial charge in [0.1, 0.15) is 0 Å². The van der Waals surface area contributed by atoms with E-state index in [4.69, 9.17) is 5.73 Å². The molecule has 0 radical (unpaired) electrons. The lowest BCUT2D eigenvalue weighted by molar-refractivity contribution is 0.966. The average Bonchev–Trinajstić information content (AvgIpc) is 2.68. The minimum absolute atomic E-state index is 0.765. The highest BCUT2D eigenvalue weighted by Crippen LogP contribution is 2.42. The molecule has 0 aliphatic carbocycles. The lowest BCUT2D eigenvalue weighted by Gasteiger charge is -1.95. The van der Waals surface area contributed by atoms with Gasteiger partial charge in [-0.15, -0.1) is 23.1 Å². The Morgan fingerprint density at radius 2 is 2.46 bits per heavy atom. The maximum Gasteiger partial charge on any atom is 0.0833 e. The summed E-state index contributed by atoms with van der Waals surface area (Å²) in [6.45, 7) is 1.87.